The van der Waals surface area contributed by atoms with Crippen LogP contribution in [0, 0.1) is 12.7 Å². The summed E-state index contributed by atoms with van der Waals surface area (Å²) in [7, 11) is -2.77. The zero-order valence-electron chi connectivity index (χ0n) is 11.6. The number of hydrogen-bond donors (Lipinski definition) is 0. The lowest BCUT2D eigenvalue weighted by Crippen LogP contribution is -2.17. The van der Waals surface area contributed by atoms with Crippen LogP contribution in [0.4, 0.5) is 13.2 Å². The molecule has 0 N–H and O–H groups in total. The van der Waals surface area contributed by atoms with E-state index in [0.717, 1.165) is 37.6 Å². The van der Waals surface area contributed by atoms with Crippen molar-refractivity contribution in [1.29, 1.82) is 0 Å². The van der Waals surface area contributed by atoms with Gasteiger partial charge in [0.25, 0.3) is 0 Å². The van der Waals surface area contributed by atoms with E-state index in [4.69, 9.17) is 0 Å². The van der Waals surface area contributed by atoms with Gasteiger partial charge in [0, 0.05) is 20.0 Å². The lowest BCUT2D eigenvalue weighted by atomic mass is 10.2. The highest BCUT2D eigenvalue weighted by atomic mass is 32.2. The Labute approximate surface area is 121 Å². The number of benzene rings is 1. The van der Waals surface area contributed by atoms with Crippen molar-refractivity contribution >= 4 is 15.7 Å². The zero-order chi connectivity index (χ0) is 16.2. The number of nitrogens with zero attached hydrogens (tertiary/aromatic N) is 1. The van der Waals surface area contributed by atoms with Crippen LogP contribution in [0.25, 0.3) is 0 Å². The van der Waals surface area contributed by atoms with Crippen molar-refractivity contribution in [3.63, 3.8) is 0 Å². The van der Waals surface area contributed by atoms with Crippen LogP contribution in [0.3, 0.4) is 0 Å². The maximum atomic E-state index is 12.7. The SMILES string of the molecule is CN1CCCC1=O.Cc1cc(S(=O)(=O)C(F)F)ccc1F. The Morgan fingerprint density at radius 1 is 1.29 bits per heavy atom. The fourth-order valence-electron chi connectivity index (χ4n) is 1.68. The highest BCUT2D eigenvalue weighted by Gasteiger charge is 2.26. The molecule has 0 aromatic heterocycles. The molecular formula is C13H16F3NO3S. The Morgan fingerprint density at radius 2 is 1.90 bits per heavy atom. The maximum absolute atomic E-state index is 12.7. The number of alkyl halides is 2. The predicted octanol–water partition coefficient (Wildman–Crippen LogP) is 2.37. The third-order valence-electron chi connectivity index (χ3n) is 3.00. The van der Waals surface area contributed by atoms with Crippen LogP contribution in [0.2, 0.25) is 0 Å². The minimum atomic E-state index is -4.62. The Hall–Kier alpha value is -1.57. The molecule has 21 heavy (non-hydrogen) atoms. The molecule has 1 amide bonds. The van der Waals surface area contributed by atoms with Crippen LogP contribution < -0.4 is 0 Å². The van der Waals surface area contributed by atoms with Crippen molar-refractivity contribution in [3.05, 3.63) is 29.6 Å². The smallest absolute Gasteiger partial charge is 0.341 e. The number of sulfone groups is 1. The van der Waals surface area contributed by atoms with Gasteiger partial charge < -0.3 is 4.90 Å². The Balaban J connectivity index is 0.000000262. The van der Waals surface area contributed by atoms with Crippen LogP contribution in [0.15, 0.2) is 23.1 Å². The third kappa shape index (κ3) is 4.45. The maximum Gasteiger partial charge on any atom is 0.341 e. The van der Waals surface area contributed by atoms with Gasteiger partial charge in [-0.05, 0) is 37.1 Å². The van der Waals surface area contributed by atoms with Crippen LogP contribution in [0.1, 0.15) is 18.4 Å². The first-order chi connectivity index (χ1) is 9.66. The fraction of sp³-hybridized carbons (Fsp3) is 0.462. The molecule has 1 aromatic carbocycles. The summed E-state index contributed by atoms with van der Waals surface area (Å²) in [6.45, 7) is 2.26. The van der Waals surface area contributed by atoms with Crippen LogP contribution >= 0.6 is 0 Å². The number of aryl methyl sites for hydroxylation is 1. The molecule has 0 bridgehead atoms. The Kier molecular flexibility index (Phi) is 5.77. The lowest BCUT2D eigenvalue weighted by Gasteiger charge is -2.04. The average molecular weight is 323 g/mol. The number of carbonyl (C=O) groups is 1. The minimum Gasteiger partial charge on any atom is -0.346 e. The number of halogens is 3. The molecule has 2 rings (SSSR count). The van der Waals surface area contributed by atoms with Crippen LogP contribution in [-0.2, 0) is 14.6 Å². The summed E-state index contributed by atoms with van der Waals surface area (Å²) in [6, 6.07) is 2.56. The molecule has 0 spiro atoms. The first-order valence-corrected chi connectivity index (χ1v) is 7.73. The molecule has 0 unspecified atom stereocenters. The van der Waals surface area contributed by atoms with Gasteiger partial charge in [-0.2, -0.15) is 8.78 Å². The molecule has 1 saturated heterocycles. The second-order valence-corrected chi connectivity index (χ2v) is 6.55. The Morgan fingerprint density at radius 3 is 2.24 bits per heavy atom. The molecule has 0 saturated carbocycles. The van der Waals surface area contributed by atoms with E-state index in [0.29, 0.717) is 5.91 Å². The molecule has 0 atom stereocenters. The third-order valence-corrected chi connectivity index (χ3v) is 4.38. The van der Waals surface area contributed by atoms with Crippen molar-refractivity contribution in [2.45, 2.75) is 30.4 Å². The van der Waals surface area contributed by atoms with E-state index in [1.807, 2.05) is 7.05 Å². The summed E-state index contributed by atoms with van der Waals surface area (Å²) in [5.74, 6) is -3.81. The van der Waals surface area contributed by atoms with E-state index >= 15 is 0 Å². The molecule has 0 radical (unpaired) electrons. The monoisotopic (exact) mass is 323 g/mol. The summed E-state index contributed by atoms with van der Waals surface area (Å²) >= 11 is 0. The van der Waals surface area contributed by atoms with E-state index in [1.54, 1.807) is 4.90 Å². The summed E-state index contributed by atoms with van der Waals surface area (Å²) < 4.78 is 58.6. The second kappa shape index (κ2) is 6.93. The van der Waals surface area contributed by atoms with Crippen molar-refractivity contribution in [3.8, 4) is 0 Å². The molecule has 1 aliphatic rings. The van der Waals surface area contributed by atoms with Gasteiger partial charge in [-0.1, -0.05) is 0 Å². The van der Waals surface area contributed by atoms with E-state index in [2.05, 4.69) is 0 Å². The summed E-state index contributed by atoms with van der Waals surface area (Å²) in [6.07, 6.45) is 1.81. The number of hydrogen-bond acceptors (Lipinski definition) is 3. The molecule has 0 aliphatic carbocycles. The summed E-state index contributed by atoms with van der Waals surface area (Å²) in [5, 5.41) is 0. The molecule has 1 aromatic rings. The molecule has 4 nitrogen and oxygen atoms in total. The zero-order valence-corrected chi connectivity index (χ0v) is 12.5. The van der Waals surface area contributed by atoms with Crippen molar-refractivity contribution < 1.29 is 26.4 Å². The van der Waals surface area contributed by atoms with Gasteiger partial charge in [-0.15, -0.1) is 0 Å². The minimum absolute atomic E-state index is 0.0201. The number of likely N-dealkylation sites (tertiary alicyclic amines) is 1. The van der Waals surface area contributed by atoms with E-state index in [9.17, 15) is 26.4 Å². The quantitative estimate of drug-likeness (QED) is 0.785. The van der Waals surface area contributed by atoms with Gasteiger partial charge in [0.1, 0.15) is 5.82 Å². The first-order valence-electron chi connectivity index (χ1n) is 6.18. The van der Waals surface area contributed by atoms with Crippen molar-refractivity contribution in [2.75, 3.05) is 13.6 Å². The van der Waals surface area contributed by atoms with E-state index < -0.39 is 26.3 Å². The van der Waals surface area contributed by atoms with Gasteiger partial charge in [0.15, 0.2) is 0 Å². The molecule has 1 heterocycles. The second-order valence-electron chi connectivity index (χ2n) is 4.64. The molecule has 1 aliphatic heterocycles. The molecule has 8 heteroatoms. The molecular weight excluding hydrogens is 307 g/mol. The van der Waals surface area contributed by atoms with Gasteiger partial charge in [0.2, 0.25) is 15.7 Å². The summed E-state index contributed by atoms with van der Waals surface area (Å²) in [4.78, 5) is 11.7. The predicted molar refractivity (Wildman–Crippen MR) is 71.2 cm³/mol. The molecule has 1 fully saturated rings. The van der Waals surface area contributed by atoms with Crippen molar-refractivity contribution in [1.82, 2.24) is 4.90 Å². The van der Waals surface area contributed by atoms with Crippen LogP contribution in [-0.4, -0.2) is 38.6 Å². The highest BCUT2D eigenvalue weighted by molar-refractivity contribution is 7.91. The highest BCUT2D eigenvalue weighted by Crippen LogP contribution is 2.20. The van der Waals surface area contributed by atoms with Crippen molar-refractivity contribution in [2.24, 2.45) is 0 Å². The Bertz CT molecular complexity index is 617. The molecule has 118 valence electrons. The normalized spacial score (nSPS) is 15.1. The van der Waals surface area contributed by atoms with Gasteiger partial charge in [0.05, 0.1) is 4.90 Å². The largest absolute Gasteiger partial charge is 0.346 e. The topological polar surface area (TPSA) is 54.5 Å². The summed E-state index contributed by atoms with van der Waals surface area (Å²) in [5.41, 5.74) is 0.0201. The fourth-order valence-corrected chi connectivity index (χ4v) is 2.48. The lowest BCUT2D eigenvalue weighted by molar-refractivity contribution is -0.126. The van der Waals surface area contributed by atoms with Gasteiger partial charge >= 0.3 is 5.76 Å². The van der Waals surface area contributed by atoms with Gasteiger partial charge in [-0.3, -0.25) is 4.79 Å². The standard InChI is InChI=1S/C8H7F3O2S.C5H9NO/c1-5-4-6(2-3-7(5)9)14(12,13)8(10)11;1-6-4-2-3-5(6)7/h2-4,8H,1H3;2-4H2,1H3. The number of carbonyl (C=O) groups excluding carboxylic acids is 1. The van der Waals surface area contributed by atoms with Gasteiger partial charge in [-0.25, -0.2) is 12.8 Å². The number of rotatable bonds is 2. The first kappa shape index (κ1) is 17.5. The van der Waals surface area contributed by atoms with Crippen LogP contribution in [0.5, 0.6) is 0 Å². The number of amides is 1. The average Bonchev–Trinajstić information content (AvgIpc) is 2.77. The van der Waals surface area contributed by atoms with E-state index in [1.165, 1.54) is 6.92 Å². The van der Waals surface area contributed by atoms with E-state index in [-0.39, 0.29) is 5.56 Å².